The molecular formula is C17H17ClFN7O3. The van der Waals surface area contributed by atoms with Crippen LogP contribution in [0.15, 0.2) is 28.8 Å². The summed E-state index contributed by atoms with van der Waals surface area (Å²) in [5, 5.41) is 24.8. The summed E-state index contributed by atoms with van der Waals surface area (Å²) in [7, 11) is 0. The van der Waals surface area contributed by atoms with Gasteiger partial charge in [-0.15, -0.1) is 10.2 Å². The largest absolute Gasteiger partial charge is 0.480 e. The lowest BCUT2D eigenvalue weighted by Gasteiger charge is -2.36. The van der Waals surface area contributed by atoms with Crippen molar-refractivity contribution in [1.82, 2.24) is 25.4 Å². The van der Waals surface area contributed by atoms with Crippen LogP contribution in [0.5, 0.6) is 0 Å². The molecule has 1 aliphatic heterocycles. The highest BCUT2D eigenvalue weighted by Gasteiger charge is 2.23. The summed E-state index contributed by atoms with van der Waals surface area (Å²) in [5.41, 5.74) is 1.41. The molecule has 0 amide bonds. The number of tetrazole rings is 1. The first-order valence-corrected chi connectivity index (χ1v) is 9.22. The van der Waals surface area contributed by atoms with Crippen LogP contribution in [-0.4, -0.2) is 62.6 Å². The van der Waals surface area contributed by atoms with Gasteiger partial charge >= 0.3 is 5.97 Å². The average Bonchev–Trinajstić information content (AvgIpc) is 3.38. The van der Waals surface area contributed by atoms with Crippen molar-refractivity contribution in [2.75, 3.05) is 36.0 Å². The molecule has 12 heteroatoms. The lowest BCUT2D eigenvalue weighted by Crippen LogP contribution is -2.46. The smallest absolute Gasteiger partial charge is 0.327 e. The van der Waals surface area contributed by atoms with Gasteiger partial charge in [-0.05, 0) is 22.9 Å². The van der Waals surface area contributed by atoms with E-state index >= 15 is 0 Å². The Kier molecular flexibility index (Phi) is 5.30. The zero-order valence-electron chi connectivity index (χ0n) is 15.2. The number of hydrogen-bond donors (Lipinski definition) is 1. The molecular weight excluding hydrogens is 405 g/mol. The third kappa shape index (κ3) is 4.14. The van der Waals surface area contributed by atoms with Gasteiger partial charge in [0, 0.05) is 32.2 Å². The van der Waals surface area contributed by atoms with Crippen molar-refractivity contribution in [1.29, 1.82) is 0 Å². The molecule has 1 fully saturated rings. The molecule has 1 aromatic carbocycles. The van der Waals surface area contributed by atoms with Crippen LogP contribution in [0.2, 0.25) is 5.02 Å². The van der Waals surface area contributed by atoms with E-state index in [1.807, 2.05) is 4.90 Å². The zero-order chi connectivity index (χ0) is 20.4. The van der Waals surface area contributed by atoms with Gasteiger partial charge in [0.15, 0.2) is 12.4 Å². The van der Waals surface area contributed by atoms with E-state index in [1.54, 1.807) is 24.3 Å². The molecule has 0 aliphatic carbocycles. The Bertz CT molecular complexity index is 1020. The summed E-state index contributed by atoms with van der Waals surface area (Å²) < 4.78 is 18.2. The lowest BCUT2D eigenvalue weighted by atomic mass is 10.2. The van der Waals surface area contributed by atoms with Crippen molar-refractivity contribution in [3.63, 3.8) is 0 Å². The van der Waals surface area contributed by atoms with Crippen molar-refractivity contribution >= 4 is 29.1 Å². The lowest BCUT2D eigenvalue weighted by molar-refractivity contribution is -0.138. The second kappa shape index (κ2) is 8.03. The molecule has 0 spiro atoms. The maximum Gasteiger partial charge on any atom is 0.327 e. The number of carbonyl (C=O) groups is 1. The molecule has 29 heavy (non-hydrogen) atoms. The fraction of sp³-hybridized carbons (Fsp3) is 0.353. The van der Waals surface area contributed by atoms with Crippen LogP contribution < -0.4 is 9.80 Å². The number of aromatic nitrogens is 5. The summed E-state index contributed by atoms with van der Waals surface area (Å²) in [6, 6.07) is 6.86. The van der Waals surface area contributed by atoms with Crippen LogP contribution >= 0.6 is 11.6 Å². The van der Waals surface area contributed by atoms with Gasteiger partial charge in [-0.3, -0.25) is 4.79 Å². The van der Waals surface area contributed by atoms with Crippen LogP contribution in [0.4, 0.5) is 15.9 Å². The van der Waals surface area contributed by atoms with Crippen molar-refractivity contribution < 1.29 is 18.8 Å². The predicted octanol–water partition coefficient (Wildman–Crippen LogP) is 1.86. The molecule has 1 saturated heterocycles. The van der Waals surface area contributed by atoms with Gasteiger partial charge in [0.05, 0.1) is 10.7 Å². The summed E-state index contributed by atoms with van der Waals surface area (Å²) in [6.07, 6.45) is 0. The van der Waals surface area contributed by atoms with Crippen molar-refractivity contribution in [2.24, 2.45) is 0 Å². The number of hydrogen-bond acceptors (Lipinski definition) is 8. The number of benzene rings is 1. The minimum absolute atomic E-state index is 0.165. The maximum absolute atomic E-state index is 13.0. The minimum Gasteiger partial charge on any atom is -0.480 e. The number of piperazine rings is 1. The van der Waals surface area contributed by atoms with Crippen LogP contribution in [0.1, 0.15) is 5.56 Å². The van der Waals surface area contributed by atoms with E-state index < -0.39 is 12.6 Å². The Labute approximate surface area is 169 Å². The van der Waals surface area contributed by atoms with E-state index in [1.165, 1.54) is 0 Å². The van der Waals surface area contributed by atoms with E-state index in [0.29, 0.717) is 48.3 Å². The third-order valence-corrected chi connectivity index (χ3v) is 4.88. The number of nitrogens with zero attached hydrogens (tertiary/aromatic N) is 7. The van der Waals surface area contributed by atoms with Crippen molar-refractivity contribution in [3.05, 3.63) is 34.9 Å². The van der Waals surface area contributed by atoms with E-state index in [4.69, 9.17) is 21.2 Å². The number of anilines is 2. The summed E-state index contributed by atoms with van der Waals surface area (Å²) >= 11 is 6.28. The molecule has 1 N–H and O–H groups in total. The highest BCUT2D eigenvalue weighted by atomic mass is 35.5. The maximum atomic E-state index is 13.0. The Balaban J connectivity index is 1.42. The van der Waals surface area contributed by atoms with E-state index in [-0.39, 0.29) is 12.4 Å². The number of carboxylic acid groups (broad SMARTS) is 1. The Hall–Kier alpha value is -3.21. The Morgan fingerprint density at radius 1 is 1.21 bits per heavy atom. The molecule has 152 valence electrons. The van der Waals surface area contributed by atoms with Gasteiger partial charge in [-0.2, -0.15) is 4.80 Å². The van der Waals surface area contributed by atoms with Gasteiger partial charge in [0.25, 0.3) is 0 Å². The van der Waals surface area contributed by atoms with Gasteiger partial charge < -0.3 is 19.4 Å². The number of carboxylic acids is 1. The van der Waals surface area contributed by atoms with E-state index in [9.17, 15) is 9.18 Å². The van der Waals surface area contributed by atoms with Gasteiger partial charge in [-0.25, -0.2) is 4.39 Å². The number of aliphatic carboxylic acids is 1. The van der Waals surface area contributed by atoms with Gasteiger partial charge in [0.2, 0.25) is 11.6 Å². The average molecular weight is 422 g/mol. The first-order valence-electron chi connectivity index (χ1n) is 8.84. The molecule has 4 rings (SSSR count). The molecule has 0 bridgehead atoms. The fourth-order valence-electron chi connectivity index (χ4n) is 3.11. The second-order valence-corrected chi connectivity index (χ2v) is 6.89. The van der Waals surface area contributed by atoms with E-state index in [0.717, 1.165) is 10.5 Å². The highest BCUT2D eigenvalue weighted by molar-refractivity contribution is 6.33. The van der Waals surface area contributed by atoms with Crippen LogP contribution in [0.25, 0.3) is 11.6 Å². The molecule has 0 atom stereocenters. The molecule has 1 aliphatic rings. The minimum atomic E-state index is -1.07. The first kappa shape index (κ1) is 19.1. The van der Waals surface area contributed by atoms with Crippen LogP contribution in [-0.2, 0) is 18.0 Å². The molecule has 0 radical (unpaired) electrons. The SMILES string of the molecule is O=C(O)Cn1nnc(-c2cc(N3CCN(c4cc(CF)ccc4Cl)CC3)no2)n1. The van der Waals surface area contributed by atoms with E-state index in [2.05, 4.69) is 25.5 Å². The van der Waals surface area contributed by atoms with Crippen LogP contribution in [0.3, 0.4) is 0 Å². The Morgan fingerprint density at radius 3 is 2.69 bits per heavy atom. The van der Waals surface area contributed by atoms with Gasteiger partial charge in [0.1, 0.15) is 6.67 Å². The normalized spacial score (nSPS) is 14.4. The molecule has 2 aromatic heterocycles. The summed E-state index contributed by atoms with van der Waals surface area (Å²) in [4.78, 5) is 15.8. The number of alkyl halides is 1. The molecule has 3 heterocycles. The molecule has 0 unspecified atom stereocenters. The summed E-state index contributed by atoms with van der Waals surface area (Å²) in [5.74, 6) is 0.0243. The Morgan fingerprint density at radius 2 is 1.97 bits per heavy atom. The topological polar surface area (TPSA) is 113 Å². The number of rotatable bonds is 6. The molecule has 10 nitrogen and oxygen atoms in total. The molecule has 3 aromatic rings. The zero-order valence-corrected chi connectivity index (χ0v) is 16.0. The number of halogens is 2. The monoisotopic (exact) mass is 421 g/mol. The standard InChI is InChI=1S/C17H17ClFN7O3/c18-12-2-1-11(9-19)7-13(12)24-3-5-25(6-4-24)15-8-14(29-22-15)17-20-23-26(21-17)10-16(27)28/h1-2,7-8H,3-6,9-10H2,(H,27,28). The molecule has 0 saturated carbocycles. The van der Waals surface area contributed by atoms with Gasteiger partial charge in [-0.1, -0.05) is 22.8 Å². The van der Waals surface area contributed by atoms with Crippen LogP contribution in [0, 0.1) is 0 Å². The third-order valence-electron chi connectivity index (χ3n) is 4.56. The predicted molar refractivity (Wildman–Crippen MR) is 102 cm³/mol. The van der Waals surface area contributed by atoms with Crippen molar-refractivity contribution in [3.8, 4) is 11.6 Å². The summed E-state index contributed by atoms with van der Waals surface area (Å²) in [6.45, 7) is 1.79. The first-order chi connectivity index (χ1) is 14.0. The second-order valence-electron chi connectivity index (χ2n) is 6.48. The fourth-order valence-corrected chi connectivity index (χ4v) is 3.35. The van der Waals surface area contributed by atoms with Crippen molar-refractivity contribution in [2.45, 2.75) is 13.2 Å². The highest BCUT2D eigenvalue weighted by Crippen LogP contribution is 2.29. The quantitative estimate of drug-likeness (QED) is 0.636.